The van der Waals surface area contributed by atoms with Crippen molar-refractivity contribution < 1.29 is 8.42 Å². The average molecular weight is 440 g/mol. The quantitative estimate of drug-likeness (QED) is 0.693. The minimum atomic E-state index is -3.65. The van der Waals surface area contributed by atoms with Gasteiger partial charge >= 0.3 is 0 Å². The lowest BCUT2D eigenvalue weighted by atomic mass is 9.60. The summed E-state index contributed by atoms with van der Waals surface area (Å²) in [6, 6.07) is 17.5. The molecule has 5 nitrogen and oxygen atoms in total. The number of sulfonamides is 1. The second-order valence-corrected chi connectivity index (χ2v) is 11.3. The van der Waals surface area contributed by atoms with Gasteiger partial charge in [0, 0.05) is 24.2 Å². The number of piperidine rings is 1. The predicted molar refractivity (Wildman–Crippen MR) is 125 cm³/mol. The number of hydrogen-bond acceptors (Lipinski definition) is 4. The number of benzene rings is 2. The highest BCUT2D eigenvalue weighted by Gasteiger charge is 2.45. The highest BCUT2D eigenvalue weighted by molar-refractivity contribution is 7.89. The van der Waals surface area contributed by atoms with Crippen molar-refractivity contribution in [3.8, 4) is 0 Å². The molecule has 0 aromatic heterocycles. The van der Waals surface area contributed by atoms with Crippen molar-refractivity contribution in [2.75, 3.05) is 13.1 Å². The number of nitrogens with one attached hydrogen (secondary N) is 1. The van der Waals surface area contributed by atoms with E-state index in [0.717, 1.165) is 50.2 Å². The standard InChI is InChI=1S/C25H33N3O2S/c1-19-9-12-22(13-10-19)31(29,30)27-26-24-14-11-21-18-28(16-15-23(21)25(24,2)3)17-20-7-5-4-6-8-20/h4-10,12-13,21,23,27H,11,14-18H2,1-3H3/b26-24+/t21-,23-/m1/s1. The Balaban J connectivity index is 1.43. The first-order valence-electron chi connectivity index (χ1n) is 11.2. The summed E-state index contributed by atoms with van der Waals surface area (Å²) in [5.74, 6) is 1.15. The first-order valence-corrected chi connectivity index (χ1v) is 12.7. The van der Waals surface area contributed by atoms with Crippen molar-refractivity contribution >= 4 is 15.7 Å². The monoisotopic (exact) mass is 439 g/mol. The first kappa shape index (κ1) is 22.0. The number of fused-ring (bicyclic) bond motifs is 1. The van der Waals surface area contributed by atoms with Gasteiger partial charge in [-0.3, -0.25) is 4.90 Å². The summed E-state index contributed by atoms with van der Waals surface area (Å²) in [5, 5.41) is 4.45. The molecular weight excluding hydrogens is 406 g/mol. The van der Waals surface area contributed by atoms with E-state index in [1.165, 1.54) is 5.56 Å². The third-order valence-corrected chi connectivity index (χ3v) is 8.35. The molecule has 0 spiro atoms. The van der Waals surface area contributed by atoms with Gasteiger partial charge in [-0.15, -0.1) is 0 Å². The number of hydrazone groups is 1. The van der Waals surface area contributed by atoms with Crippen LogP contribution in [-0.2, 0) is 16.6 Å². The van der Waals surface area contributed by atoms with Gasteiger partial charge < -0.3 is 0 Å². The van der Waals surface area contributed by atoms with Crippen LogP contribution in [0.5, 0.6) is 0 Å². The number of likely N-dealkylation sites (tertiary alicyclic amines) is 1. The molecule has 1 aliphatic carbocycles. The van der Waals surface area contributed by atoms with Crippen LogP contribution in [0.15, 0.2) is 64.6 Å². The fourth-order valence-electron chi connectivity index (χ4n) is 5.28. The van der Waals surface area contributed by atoms with Gasteiger partial charge in [-0.05, 0) is 62.3 Å². The lowest BCUT2D eigenvalue weighted by molar-refractivity contribution is 0.0511. The van der Waals surface area contributed by atoms with E-state index in [1.807, 2.05) is 6.92 Å². The van der Waals surface area contributed by atoms with Crippen LogP contribution >= 0.6 is 0 Å². The zero-order chi connectivity index (χ0) is 22.1. The number of aryl methyl sites for hydroxylation is 1. The summed E-state index contributed by atoms with van der Waals surface area (Å²) >= 11 is 0. The van der Waals surface area contributed by atoms with Crippen molar-refractivity contribution in [2.45, 2.75) is 51.5 Å². The molecule has 1 saturated carbocycles. The fraction of sp³-hybridized carbons (Fsp3) is 0.480. The molecule has 1 N–H and O–H groups in total. The Bertz CT molecular complexity index is 1030. The van der Waals surface area contributed by atoms with Crippen LogP contribution in [0.4, 0.5) is 0 Å². The molecule has 2 aliphatic rings. The molecule has 4 rings (SSSR count). The van der Waals surface area contributed by atoms with Crippen LogP contribution in [0, 0.1) is 24.2 Å². The molecule has 166 valence electrons. The smallest absolute Gasteiger partial charge is 0.276 e. The van der Waals surface area contributed by atoms with E-state index in [4.69, 9.17) is 0 Å². The molecule has 1 aliphatic heterocycles. The number of nitrogens with zero attached hydrogens (tertiary/aromatic N) is 2. The van der Waals surface area contributed by atoms with Crippen molar-refractivity contribution in [1.29, 1.82) is 0 Å². The van der Waals surface area contributed by atoms with Gasteiger partial charge in [0.25, 0.3) is 10.0 Å². The van der Waals surface area contributed by atoms with Gasteiger partial charge in [0.1, 0.15) is 0 Å². The molecule has 1 heterocycles. The minimum absolute atomic E-state index is 0.114. The molecule has 0 unspecified atom stereocenters. The molecule has 0 radical (unpaired) electrons. The van der Waals surface area contributed by atoms with Gasteiger partial charge in [-0.25, -0.2) is 4.83 Å². The number of rotatable bonds is 5. The van der Waals surface area contributed by atoms with Crippen LogP contribution in [0.3, 0.4) is 0 Å². The fourth-order valence-corrected chi connectivity index (χ4v) is 6.11. The van der Waals surface area contributed by atoms with Gasteiger partial charge in [0.15, 0.2) is 0 Å². The van der Waals surface area contributed by atoms with Crippen LogP contribution < -0.4 is 4.83 Å². The van der Waals surface area contributed by atoms with Gasteiger partial charge in [-0.2, -0.15) is 13.5 Å². The van der Waals surface area contributed by atoms with Crippen LogP contribution in [0.25, 0.3) is 0 Å². The lowest BCUT2D eigenvalue weighted by Gasteiger charge is -2.50. The summed E-state index contributed by atoms with van der Waals surface area (Å²) in [5.41, 5.74) is 3.26. The van der Waals surface area contributed by atoms with E-state index < -0.39 is 10.0 Å². The van der Waals surface area contributed by atoms with Gasteiger partial charge in [0.2, 0.25) is 0 Å². The SMILES string of the molecule is Cc1ccc(S(=O)(=O)N/N=C2\CC[C@@H]3CN(Cc4ccccc4)CC[C@H]3C2(C)C)cc1. The van der Waals surface area contributed by atoms with Crippen molar-refractivity contribution in [3.63, 3.8) is 0 Å². The average Bonchev–Trinajstić information content (AvgIpc) is 2.74. The molecule has 2 aromatic carbocycles. The molecule has 0 bridgehead atoms. The van der Waals surface area contributed by atoms with Crippen LogP contribution in [-0.4, -0.2) is 32.1 Å². The number of hydrogen-bond donors (Lipinski definition) is 1. The Labute approximate surface area is 186 Å². The lowest BCUT2D eigenvalue weighted by Crippen LogP contribution is -2.51. The second-order valence-electron chi connectivity index (χ2n) is 9.60. The minimum Gasteiger partial charge on any atom is -0.299 e. The third kappa shape index (κ3) is 4.85. The molecule has 2 atom stereocenters. The molecule has 1 saturated heterocycles. The molecule has 2 aromatic rings. The second kappa shape index (κ2) is 8.75. The Morgan fingerprint density at radius 3 is 2.48 bits per heavy atom. The molecular formula is C25H33N3O2S. The van der Waals surface area contributed by atoms with Gasteiger partial charge in [0.05, 0.1) is 4.90 Å². The summed E-state index contributed by atoms with van der Waals surface area (Å²) in [4.78, 5) is 5.32. The van der Waals surface area contributed by atoms with E-state index in [9.17, 15) is 8.42 Å². The molecule has 6 heteroatoms. The molecule has 31 heavy (non-hydrogen) atoms. The van der Waals surface area contributed by atoms with E-state index in [0.29, 0.717) is 11.8 Å². The summed E-state index contributed by atoms with van der Waals surface area (Å²) < 4.78 is 25.3. The zero-order valence-electron chi connectivity index (χ0n) is 18.7. The van der Waals surface area contributed by atoms with E-state index in [-0.39, 0.29) is 10.3 Å². The molecule has 2 fully saturated rings. The predicted octanol–water partition coefficient (Wildman–Crippen LogP) is 4.59. The third-order valence-electron chi connectivity index (χ3n) is 7.12. The Kier molecular flexibility index (Phi) is 6.22. The van der Waals surface area contributed by atoms with E-state index >= 15 is 0 Å². The highest BCUT2D eigenvalue weighted by Crippen LogP contribution is 2.46. The van der Waals surface area contributed by atoms with Crippen molar-refractivity contribution in [3.05, 3.63) is 65.7 Å². The first-order chi connectivity index (χ1) is 14.8. The summed E-state index contributed by atoms with van der Waals surface area (Å²) in [6.45, 7) is 9.58. The summed E-state index contributed by atoms with van der Waals surface area (Å²) in [7, 11) is -3.65. The largest absolute Gasteiger partial charge is 0.299 e. The van der Waals surface area contributed by atoms with E-state index in [1.54, 1.807) is 24.3 Å². The van der Waals surface area contributed by atoms with Crippen LogP contribution in [0.2, 0.25) is 0 Å². The van der Waals surface area contributed by atoms with Crippen molar-refractivity contribution in [2.24, 2.45) is 22.4 Å². The maximum atomic E-state index is 12.7. The normalized spacial score (nSPS) is 25.2. The Morgan fingerprint density at radius 2 is 1.77 bits per heavy atom. The van der Waals surface area contributed by atoms with Crippen LogP contribution in [0.1, 0.15) is 44.2 Å². The van der Waals surface area contributed by atoms with Gasteiger partial charge in [-0.1, -0.05) is 61.9 Å². The Hall–Kier alpha value is -2.18. The zero-order valence-corrected chi connectivity index (χ0v) is 19.5. The van der Waals surface area contributed by atoms with Crippen molar-refractivity contribution in [1.82, 2.24) is 9.73 Å². The maximum absolute atomic E-state index is 12.7. The molecule has 0 amide bonds. The van der Waals surface area contributed by atoms with E-state index in [2.05, 4.69) is 59.0 Å². The maximum Gasteiger partial charge on any atom is 0.276 e. The Morgan fingerprint density at radius 1 is 1.06 bits per heavy atom. The topological polar surface area (TPSA) is 61.8 Å². The summed E-state index contributed by atoms with van der Waals surface area (Å²) in [6.07, 6.45) is 3.02. The highest BCUT2D eigenvalue weighted by atomic mass is 32.2.